The standard InChI is InChI=1S/C18H28N2O2/c1-18(2,3)15-6-8-16(9-7-15)22-14-17(21)19-10-13-20-11-4-5-12-20/h6-9H,4-5,10-14H2,1-3H3,(H,19,21)/p+1. The summed E-state index contributed by atoms with van der Waals surface area (Å²) in [7, 11) is 0. The molecule has 2 N–H and O–H groups in total. The van der Waals surface area contributed by atoms with Gasteiger partial charge in [-0.3, -0.25) is 4.79 Å². The van der Waals surface area contributed by atoms with Gasteiger partial charge in [0.15, 0.2) is 6.61 Å². The predicted octanol–water partition coefficient (Wildman–Crippen LogP) is 1.16. The lowest BCUT2D eigenvalue weighted by Crippen LogP contribution is -3.10. The molecule has 1 saturated heterocycles. The van der Waals surface area contributed by atoms with E-state index in [1.165, 1.54) is 31.5 Å². The summed E-state index contributed by atoms with van der Waals surface area (Å²) in [4.78, 5) is 13.4. The predicted molar refractivity (Wildman–Crippen MR) is 88.4 cm³/mol. The van der Waals surface area contributed by atoms with Gasteiger partial charge in [-0.1, -0.05) is 32.9 Å². The van der Waals surface area contributed by atoms with Crippen LogP contribution < -0.4 is 15.0 Å². The topological polar surface area (TPSA) is 42.8 Å². The molecule has 0 atom stereocenters. The molecule has 4 nitrogen and oxygen atoms in total. The van der Waals surface area contributed by atoms with Gasteiger partial charge < -0.3 is 15.0 Å². The molecule has 0 aliphatic carbocycles. The van der Waals surface area contributed by atoms with Crippen LogP contribution in [0.25, 0.3) is 0 Å². The molecular weight excluding hydrogens is 276 g/mol. The zero-order valence-electron chi connectivity index (χ0n) is 14.1. The summed E-state index contributed by atoms with van der Waals surface area (Å²) in [6.07, 6.45) is 2.63. The second kappa shape index (κ2) is 7.63. The first-order valence-corrected chi connectivity index (χ1v) is 8.29. The second-order valence-electron chi connectivity index (χ2n) is 7.12. The van der Waals surface area contributed by atoms with E-state index in [-0.39, 0.29) is 17.9 Å². The molecule has 1 amide bonds. The van der Waals surface area contributed by atoms with E-state index >= 15 is 0 Å². The summed E-state index contributed by atoms with van der Waals surface area (Å²) in [5, 5.41) is 2.93. The molecule has 2 rings (SSSR count). The molecule has 0 unspecified atom stereocenters. The van der Waals surface area contributed by atoms with Crippen LogP contribution in [0.15, 0.2) is 24.3 Å². The Morgan fingerprint density at radius 2 is 1.82 bits per heavy atom. The van der Waals surface area contributed by atoms with Crippen molar-refractivity contribution in [3.05, 3.63) is 29.8 Å². The van der Waals surface area contributed by atoms with Gasteiger partial charge in [0.2, 0.25) is 0 Å². The fourth-order valence-electron chi connectivity index (χ4n) is 2.75. The molecule has 0 radical (unpaired) electrons. The number of likely N-dealkylation sites (tertiary alicyclic amines) is 1. The van der Waals surface area contributed by atoms with Gasteiger partial charge in [0.1, 0.15) is 5.75 Å². The van der Waals surface area contributed by atoms with Gasteiger partial charge in [-0.25, -0.2) is 0 Å². The summed E-state index contributed by atoms with van der Waals surface area (Å²) in [6, 6.07) is 7.98. The maximum atomic E-state index is 11.8. The van der Waals surface area contributed by atoms with Crippen LogP contribution in [-0.4, -0.2) is 38.7 Å². The molecule has 1 fully saturated rings. The number of hydrogen-bond donors (Lipinski definition) is 2. The fraction of sp³-hybridized carbons (Fsp3) is 0.611. The smallest absolute Gasteiger partial charge is 0.258 e. The third-order valence-corrected chi connectivity index (χ3v) is 4.20. The van der Waals surface area contributed by atoms with Crippen molar-refractivity contribution >= 4 is 5.91 Å². The summed E-state index contributed by atoms with van der Waals surface area (Å²) >= 11 is 0. The Kier molecular flexibility index (Phi) is 5.83. The quantitative estimate of drug-likeness (QED) is 0.828. The van der Waals surface area contributed by atoms with E-state index in [1.807, 2.05) is 12.1 Å². The van der Waals surface area contributed by atoms with Crippen LogP contribution in [0, 0.1) is 0 Å². The molecule has 22 heavy (non-hydrogen) atoms. The summed E-state index contributed by atoms with van der Waals surface area (Å²) in [5.41, 5.74) is 1.39. The molecule has 1 aromatic rings. The van der Waals surface area contributed by atoms with Crippen molar-refractivity contribution in [1.82, 2.24) is 5.32 Å². The number of carbonyl (C=O) groups is 1. The van der Waals surface area contributed by atoms with Gasteiger partial charge in [-0.2, -0.15) is 0 Å². The lowest BCUT2D eigenvalue weighted by atomic mass is 9.87. The molecule has 1 aliphatic heterocycles. The molecule has 1 aromatic carbocycles. The zero-order valence-corrected chi connectivity index (χ0v) is 14.1. The molecule has 0 aromatic heterocycles. The minimum atomic E-state index is -0.0431. The lowest BCUT2D eigenvalue weighted by molar-refractivity contribution is -0.886. The number of hydrogen-bond acceptors (Lipinski definition) is 2. The van der Waals surface area contributed by atoms with E-state index in [0.29, 0.717) is 0 Å². The molecule has 1 heterocycles. The van der Waals surface area contributed by atoms with Crippen molar-refractivity contribution in [1.29, 1.82) is 0 Å². The minimum absolute atomic E-state index is 0.0431. The first kappa shape index (κ1) is 16.8. The van der Waals surface area contributed by atoms with E-state index in [2.05, 4.69) is 38.2 Å². The Morgan fingerprint density at radius 1 is 1.18 bits per heavy atom. The van der Waals surface area contributed by atoms with E-state index in [0.717, 1.165) is 18.8 Å². The number of benzene rings is 1. The normalized spacial score (nSPS) is 15.8. The number of carbonyl (C=O) groups excluding carboxylic acids is 1. The molecule has 0 saturated carbocycles. The third-order valence-electron chi connectivity index (χ3n) is 4.20. The fourth-order valence-corrected chi connectivity index (χ4v) is 2.75. The van der Waals surface area contributed by atoms with E-state index < -0.39 is 0 Å². The summed E-state index contributed by atoms with van der Waals surface area (Å²) in [5.74, 6) is 0.701. The maximum absolute atomic E-state index is 11.8. The number of rotatable bonds is 6. The van der Waals surface area contributed by atoms with Gasteiger partial charge in [0.05, 0.1) is 26.2 Å². The lowest BCUT2D eigenvalue weighted by Gasteiger charge is -2.19. The zero-order chi connectivity index (χ0) is 16.0. The maximum Gasteiger partial charge on any atom is 0.258 e. The molecule has 0 bridgehead atoms. The van der Waals surface area contributed by atoms with Gasteiger partial charge in [-0.15, -0.1) is 0 Å². The number of amides is 1. The van der Waals surface area contributed by atoms with E-state index in [4.69, 9.17) is 4.74 Å². The van der Waals surface area contributed by atoms with Gasteiger partial charge in [0, 0.05) is 12.8 Å². The SMILES string of the molecule is CC(C)(C)c1ccc(OCC(=O)NCC[NH+]2CCCC2)cc1. The van der Waals surface area contributed by atoms with Crippen molar-refractivity contribution in [2.45, 2.75) is 39.0 Å². The van der Waals surface area contributed by atoms with Crippen molar-refractivity contribution in [3.63, 3.8) is 0 Å². The Balaban J connectivity index is 1.67. The average molecular weight is 305 g/mol. The van der Waals surface area contributed by atoms with Crippen molar-refractivity contribution in [3.8, 4) is 5.75 Å². The Morgan fingerprint density at radius 3 is 2.41 bits per heavy atom. The highest BCUT2D eigenvalue weighted by molar-refractivity contribution is 5.77. The molecule has 0 spiro atoms. The van der Waals surface area contributed by atoms with E-state index in [1.54, 1.807) is 4.90 Å². The van der Waals surface area contributed by atoms with Gasteiger partial charge >= 0.3 is 0 Å². The highest BCUT2D eigenvalue weighted by atomic mass is 16.5. The number of nitrogens with one attached hydrogen (secondary N) is 2. The number of quaternary nitrogens is 1. The summed E-state index contributed by atoms with van der Waals surface area (Å²) in [6.45, 7) is 10.9. The molecule has 4 heteroatoms. The van der Waals surface area contributed by atoms with Crippen LogP contribution in [0.3, 0.4) is 0 Å². The second-order valence-corrected chi connectivity index (χ2v) is 7.12. The summed E-state index contributed by atoms with van der Waals surface area (Å²) < 4.78 is 5.54. The monoisotopic (exact) mass is 305 g/mol. The van der Waals surface area contributed by atoms with Gasteiger partial charge in [0.25, 0.3) is 5.91 Å². The van der Waals surface area contributed by atoms with Gasteiger partial charge in [-0.05, 0) is 23.1 Å². The first-order valence-electron chi connectivity index (χ1n) is 8.29. The van der Waals surface area contributed by atoms with E-state index in [9.17, 15) is 4.79 Å². The van der Waals surface area contributed by atoms with Crippen molar-refractivity contribution < 1.29 is 14.4 Å². The van der Waals surface area contributed by atoms with Crippen LogP contribution in [-0.2, 0) is 10.2 Å². The Hall–Kier alpha value is -1.55. The van der Waals surface area contributed by atoms with Crippen molar-refractivity contribution in [2.75, 3.05) is 32.8 Å². The van der Waals surface area contributed by atoms with Crippen LogP contribution in [0.1, 0.15) is 39.2 Å². The van der Waals surface area contributed by atoms with Crippen LogP contribution in [0.2, 0.25) is 0 Å². The molecule has 1 aliphatic rings. The average Bonchev–Trinajstić information content (AvgIpc) is 2.98. The minimum Gasteiger partial charge on any atom is -0.484 e. The highest BCUT2D eigenvalue weighted by Crippen LogP contribution is 2.24. The third kappa shape index (κ3) is 5.34. The highest BCUT2D eigenvalue weighted by Gasteiger charge is 2.15. The molecular formula is C18H29N2O2+. The largest absolute Gasteiger partial charge is 0.484 e. The first-order chi connectivity index (χ1) is 10.4. The Bertz CT molecular complexity index is 471. The number of ether oxygens (including phenoxy) is 1. The van der Waals surface area contributed by atoms with Crippen molar-refractivity contribution in [2.24, 2.45) is 0 Å². The van der Waals surface area contributed by atoms with Crippen LogP contribution in [0.5, 0.6) is 5.75 Å². The molecule has 122 valence electrons. The Labute approximate surface area is 133 Å². The van der Waals surface area contributed by atoms with Crippen LogP contribution >= 0.6 is 0 Å². The van der Waals surface area contributed by atoms with Crippen LogP contribution in [0.4, 0.5) is 0 Å².